The molecule has 6 nitrogen and oxygen atoms in total. The molecular formula is C25H25F4N5O. The predicted octanol–water partition coefficient (Wildman–Crippen LogP) is 5.36. The molecular weight excluding hydrogens is 462 g/mol. The first-order valence-corrected chi connectivity index (χ1v) is 11.3. The van der Waals surface area contributed by atoms with Gasteiger partial charge in [-0.2, -0.15) is 13.2 Å². The van der Waals surface area contributed by atoms with E-state index in [4.69, 9.17) is 0 Å². The Morgan fingerprint density at radius 1 is 1.14 bits per heavy atom. The summed E-state index contributed by atoms with van der Waals surface area (Å²) >= 11 is 0. The number of amides is 1. The lowest BCUT2D eigenvalue weighted by atomic mass is 9.89. The third kappa shape index (κ3) is 5.26. The Morgan fingerprint density at radius 3 is 2.54 bits per heavy atom. The van der Waals surface area contributed by atoms with Crippen LogP contribution in [-0.4, -0.2) is 44.9 Å². The summed E-state index contributed by atoms with van der Waals surface area (Å²) in [5.41, 5.74) is 0.110. The van der Waals surface area contributed by atoms with Gasteiger partial charge in [0, 0.05) is 37.2 Å². The lowest BCUT2D eigenvalue weighted by Crippen LogP contribution is -2.51. The molecule has 1 aliphatic rings. The number of piperidine rings is 1. The fourth-order valence-corrected chi connectivity index (χ4v) is 4.44. The molecule has 2 atom stereocenters. The van der Waals surface area contributed by atoms with Crippen LogP contribution in [0.3, 0.4) is 0 Å². The van der Waals surface area contributed by atoms with Crippen molar-refractivity contribution < 1.29 is 22.4 Å². The molecule has 1 N–H and O–H groups in total. The molecule has 10 heteroatoms. The van der Waals surface area contributed by atoms with Crippen molar-refractivity contribution in [1.29, 1.82) is 0 Å². The Balaban J connectivity index is 1.61. The van der Waals surface area contributed by atoms with Crippen LogP contribution in [0.1, 0.15) is 41.3 Å². The Labute approximate surface area is 200 Å². The molecule has 3 aromatic rings. The van der Waals surface area contributed by atoms with E-state index >= 15 is 4.39 Å². The molecule has 0 bridgehead atoms. The topological polar surface area (TPSA) is 71.0 Å². The van der Waals surface area contributed by atoms with Gasteiger partial charge in [-0.1, -0.05) is 13.0 Å². The summed E-state index contributed by atoms with van der Waals surface area (Å²) in [6, 6.07) is 6.39. The number of nitrogens with zero attached hydrogens (tertiary/aromatic N) is 4. The molecule has 35 heavy (non-hydrogen) atoms. The van der Waals surface area contributed by atoms with Gasteiger partial charge in [-0.15, -0.1) is 0 Å². The summed E-state index contributed by atoms with van der Waals surface area (Å²) in [6.07, 6.45) is 0.990. The van der Waals surface area contributed by atoms with E-state index in [0.29, 0.717) is 17.7 Å². The second-order valence-electron chi connectivity index (χ2n) is 8.68. The maximum absolute atomic E-state index is 15.1. The zero-order valence-electron chi connectivity index (χ0n) is 19.3. The third-order valence-corrected chi connectivity index (χ3v) is 6.33. The SMILES string of the molecule is Cc1ccc(F)c(C(=O)N2CCC[C@@H](C)C2CNc2ccc(C(F)(F)F)cn2)c1-c1ncccn1. The Kier molecular flexibility index (Phi) is 7.00. The number of anilines is 1. The molecule has 1 aromatic carbocycles. The summed E-state index contributed by atoms with van der Waals surface area (Å²) in [6.45, 7) is 4.46. The minimum atomic E-state index is -4.47. The van der Waals surface area contributed by atoms with Gasteiger partial charge in [0.15, 0.2) is 5.82 Å². The van der Waals surface area contributed by atoms with E-state index in [1.165, 1.54) is 24.5 Å². The second-order valence-corrected chi connectivity index (χ2v) is 8.68. The van der Waals surface area contributed by atoms with Gasteiger partial charge >= 0.3 is 6.18 Å². The monoisotopic (exact) mass is 487 g/mol. The first kappa shape index (κ1) is 24.6. The van der Waals surface area contributed by atoms with E-state index < -0.39 is 23.5 Å². The number of likely N-dealkylation sites (tertiary alicyclic amines) is 1. The molecule has 1 amide bonds. The van der Waals surface area contributed by atoms with Crippen LogP contribution < -0.4 is 5.32 Å². The standard InChI is InChI=1S/C25H25F4N5O/c1-15-5-3-12-34(19(15)14-33-20-9-7-17(13-32-20)25(27,28)29)24(35)22-18(26)8-6-16(2)21(22)23-30-10-4-11-31-23/h4,6-11,13,15,19H,3,5,12,14H2,1-2H3,(H,32,33)/t15-,19?/m1/s1. The summed E-state index contributed by atoms with van der Waals surface area (Å²) in [7, 11) is 0. The summed E-state index contributed by atoms with van der Waals surface area (Å²) in [4.78, 5) is 27.7. The minimum absolute atomic E-state index is 0.0806. The van der Waals surface area contributed by atoms with Crippen LogP contribution in [0.25, 0.3) is 11.4 Å². The number of rotatable bonds is 5. The van der Waals surface area contributed by atoms with E-state index in [2.05, 4.69) is 20.3 Å². The summed E-state index contributed by atoms with van der Waals surface area (Å²) < 4.78 is 53.6. The average Bonchev–Trinajstić information content (AvgIpc) is 2.84. The van der Waals surface area contributed by atoms with Crippen molar-refractivity contribution in [2.24, 2.45) is 5.92 Å². The number of pyridine rings is 1. The van der Waals surface area contributed by atoms with Crippen molar-refractivity contribution >= 4 is 11.7 Å². The quantitative estimate of drug-likeness (QED) is 0.491. The van der Waals surface area contributed by atoms with Crippen molar-refractivity contribution in [2.75, 3.05) is 18.4 Å². The highest BCUT2D eigenvalue weighted by Gasteiger charge is 2.35. The van der Waals surface area contributed by atoms with Gasteiger partial charge in [0.05, 0.1) is 17.2 Å². The first-order chi connectivity index (χ1) is 16.7. The number of alkyl halides is 3. The zero-order chi connectivity index (χ0) is 25.2. The van der Waals surface area contributed by atoms with E-state index in [0.717, 1.165) is 25.1 Å². The van der Waals surface area contributed by atoms with E-state index in [9.17, 15) is 18.0 Å². The van der Waals surface area contributed by atoms with Gasteiger partial charge in [0.2, 0.25) is 0 Å². The van der Waals surface area contributed by atoms with E-state index in [1.807, 2.05) is 6.92 Å². The molecule has 1 saturated heterocycles. The van der Waals surface area contributed by atoms with Crippen LogP contribution in [-0.2, 0) is 6.18 Å². The van der Waals surface area contributed by atoms with E-state index in [-0.39, 0.29) is 35.7 Å². The number of hydrogen-bond acceptors (Lipinski definition) is 5. The molecule has 1 aliphatic heterocycles. The number of benzene rings is 1. The number of aromatic nitrogens is 3. The Hall–Kier alpha value is -3.56. The first-order valence-electron chi connectivity index (χ1n) is 11.3. The number of halogens is 4. The van der Waals surface area contributed by atoms with Gasteiger partial charge < -0.3 is 10.2 Å². The van der Waals surface area contributed by atoms with Crippen LogP contribution in [0.4, 0.5) is 23.4 Å². The number of hydrogen-bond donors (Lipinski definition) is 1. The maximum Gasteiger partial charge on any atom is 0.417 e. The zero-order valence-corrected chi connectivity index (χ0v) is 19.3. The van der Waals surface area contributed by atoms with Crippen LogP contribution in [0.15, 0.2) is 48.9 Å². The van der Waals surface area contributed by atoms with Gasteiger partial charge in [-0.3, -0.25) is 4.79 Å². The second kappa shape index (κ2) is 9.97. The molecule has 2 aromatic heterocycles. The Bertz CT molecular complexity index is 1180. The molecule has 1 unspecified atom stereocenters. The largest absolute Gasteiger partial charge is 0.417 e. The smallest absolute Gasteiger partial charge is 0.368 e. The highest BCUT2D eigenvalue weighted by atomic mass is 19.4. The molecule has 3 heterocycles. The summed E-state index contributed by atoms with van der Waals surface area (Å²) in [5, 5.41) is 3.04. The number of carbonyl (C=O) groups is 1. The lowest BCUT2D eigenvalue weighted by Gasteiger charge is -2.40. The maximum atomic E-state index is 15.1. The molecule has 0 spiro atoms. The fraction of sp³-hybridized carbons (Fsp3) is 0.360. The highest BCUT2D eigenvalue weighted by molar-refractivity contribution is 6.01. The van der Waals surface area contributed by atoms with Gasteiger partial charge in [0.25, 0.3) is 5.91 Å². The fourth-order valence-electron chi connectivity index (χ4n) is 4.44. The van der Waals surface area contributed by atoms with Crippen LogP contribution in [0.5, 0.6) is 0 Å². The number of aryl methyl sites for hydroxylation is 1. The van der Waals surface area contributed by atoms with Crippen LogP contribution >= 0.6 is 0 Å². The molecule has 0 radical (unpaired) electrons. The molecule has 184 valence electrons. The molecule has 0 aliphatic carbocycles. The molecule has 1 fully saturated rings. The Morgan fingerprint density at radius 2 is 1.89 bits per heavy atom. The average molecular weight is 488 g/mol. The van der Waals surface area contributed by atoms with Crippen LogP contribution in [0.2, 0.25) is 0 Å². The number of carbonyl (C=O) groups excluding carboxylic acids is 1. The van der Waals surface area contributed by atoms with Crippen molar-refractivity contribution in [3.8, 4) is 11.4 Å². The minimum Gasteiger partial charge on any atom is -0.368 e. The van der Waals surface area contributed by atoms with Gasteiger partial charge in [-0.05, 0) is 55.5 Å². The molecule has 0 saturated carbocycles. The molecule has 4 rings (SSSR count). The lowest BCUT2D eigenvalue weighted by molar-refractivity contribution is -0.137. The van der Waals surface area contributed by atoms with Crippen molar-refractivity contribution in [1.82, 2.24) is 19.9 Å². The normalized spacial score (nSPS) is 18.4. The number of nitrogens with one attached hydrogen (secondary N) is 1. The van der Waals surface area contributed by atoms with Crippen LogP contribution in [0, 0.1) is 18.7 Å². The van der Waals surface area contributed by atoms with E-state index in [1.54, 1.807) is 24.0 Å². The third-order valence-electron chi connectivity index (χ3n) is 6.33. The van der Waals surface area contributed by atoms with Gasteiger partial charge in [0.1, 0.15) is 11.6 Å². The summed E-state index contributed by atoms with van der Waals surface area (Å²) in [5.74, 6) is -0.506. The highest BCUT2D eigenvalue weighted by Crippen LogP contribution is 2.32. The van der Waals surface area contributed by atoms with Gasteiger partial charge in [-0.25, -0.2) is 19.3 Å². The van der Waals surface area contributed by atoms with Crippen molar-refractivity contribution in [2.45, 2.75) is 38.9 Å². The van der Waals surface area contributed by atoms with Crippen molar-refractivity contribution in [3.63, 3.8) is 0 Å². The van der Waals surface area contributed by atoms with Crippen molar-refractivity contribution in [3.05, 3.63) is 71.4 Å². The predicted molar refractivity (Wildman–Crippen MR) is 123 cm³/mol.